The van der Waals surface area contributed by atoms with E-state index in [0.717, 1.165) is 22.3 Å². The smallest absolute Gasteiger partial charge is 0.309 e. The number of hydrogen-bond acceptors (Lipinski definition) is 2. The van der Waals surface area contributed by atoms with Gasteiger partial charge in [0.15, 0.2) is 0 Å². The Balaban J connectivity index is 3.25. The van der Waals surface area contributed by atoms with E-state index in [2.05, 4.69) is 37.8 Å². The molecule has 0 fully saturated rings. The molecule has 0 saturated carbocycles. The Kier molecular flexibility index (Phi) is 8.69. The number of hydrogen-bond donors (Lipinski definition) is 0. The lowest BCUT2D eigenvalue weighted by atomic mass is 9.87. The van der Waals surface area contributed by atoms with Gasteiger partial charge in [-0.1, -0.05) is 75.1 Å². The van der Waals surface area contributed by atoms with Crippen LogP contribution in [0.15, 0.2) is 72.4 Å². The molecule has 0 bridgehead atoms. The highest BCUT2D eigenvalue weighted by atomic mass is 16.5. The van der Waals surface area contributed by atoms with Crippen molar-refractivity contribution >= 4 is 11.5 Å². The maximum absolute atomic E-state index is 12.1. The van der Waals surface area contributed by atoms with Crippen molar-refractivity contribution in [1.82, 2.24) is 0 Å². The van der Waals surface area contributed by atoms with Gasteiger partial charge in [0, 0.05) is 0 Å². The summed E-state index contributed by atoms with van der Waals surface area (Å²) >= 11 is 0. The number of rotatable bonds is 8. The average Bonchev–Trinajstić information content (AvgIpc) is 2.62. The zero-order chi connectivity index (χ0) is 18.8. The Morgan fingerprint density at radius 2 is 1.88 bits per heavy atom. The van der Waals surface area contributed by atoms with Crippen molar-refractivity contribution in [2.24, 2.45) is 11.8 Å². The lowest BCUT2D eigenvalue weighted by molar-refractivity contribution is -0.146. The van der Waals surface area contributed by atoms with E-state index in [1.54, 1.807) is 0 Å². The zero-order valence-corrected chi connectivity index (χ0v) is 16.1. The largest absolute Gasteiger partial charge is 0.469 e. The van der Waals surface area contributed by atoms with E-state index in [0.29, 0.717) is 6.42 Å². The molecule has 0 radical (unpaired) electrons. The van der Waals surface area contributed by atoms with Gasteiger partial charge in [0.25, 0.3) is 0 Å². The maximum atomic E-state index is 12.1. The molecule has 0 aliphatic rings. The normalized spacial score (nSPS) is 14.4. The second-order valence-electron chi connectivity index (χ2n) is 6.46. The minimum absolute atomic E-state index is 0.164. The van der Waals surface area contributed by atoms with Gasteiger partial charge in [-0.05, 0) is 48.5 Å². The van der Waals surface area contributed by atoms with Gasteiger partial charge >= 0.3 is 5.97 Å². The minimum atomic E-state index is -0.164. The third-order valence-corrected chi connectivity index (χ3v) is 4.33. The predicted octanol–water partition coefficient (Wildman–Crippen LogP) is 5.98. The molecule has 1 aromatic carbocycles. The van der Waals surface area contributed by atoms with Gasteiger partial charge in [0.05, 0.1) is 13.0 Å². The number of benzene rings is 1. The van der Waals surface area contributed by atoms with E-state index in [-0.39, 0.29) is 17.8 Å². The number of carbonyl (C=O) groups is 1. The SMILES string of the molecule is C=CC(CC(C(=O)OC)C(C)C)=C(C)C=C(C=CC)c1ccccc1. The summed E-state index contributed by atoms with van der Waals surface area (Å²) in [7, 11) is 1.45. The molecule has 0 aliphatic carbocycles. The molecule has 1 unspecified atom stereocenters. The van der Waals surface area contributed by atoms with Crippen molar-refractivity contribution < 1.29 is 9.53 Å². The summed E-state index contributed by atoms with van der Waals surface area (Å²) in [6.45, 7) is 12.1. The van der Waals surface area contributed by atoms with E-state index < -0.39 is 0 Å². The molecular formula is C23H30O2. The topological polar surface area (TPSA) is 26.3 Å². The Bertz CT molecular complexity index is 661. The van der Waals surface area contributed by atoms with Crippen LogP contribution in [0.4, 0.5) is 0 Å². The summed E-state index contributed by atoms with van der Waals surface area (Å²) in [5.41, 5.74) is 4.49. The summed E-state index contributed by atoms with van der Waals surface area (Å²) in [6.07, 6.45) is 8.77. The quantitative estimate of drug-likeness (QED) is 0.430. The second kappa shape index (κ2) is 10.5. The summed E-state index contributed by atoms with van der Waals surface area (Å²) in [4.78, 5) is 12.1. The van der Waals surface area contributed by atoms with Crippen LogP contribution < -0.4 is 0 Å². The van der Waals surface area contributed by atoms with Gasteiger partial charge in [-0.15, -0.1) is 0 Å². The third kappa shape index (κ3) is 6.22. The van der Waals surface area contributed by atoms with Crippen LogP contribution in [-0.2, 0) is 9.53 Å². The lowest BCUT2D eigenvalue weighted by Gasteiger charge is -2.19. The van der Waals surface area contributed by atoms with Crippen LogP contribution in [0.5, 0.6) is 0 Å². The standard InChI is InChI=1S/C23H30O2/c1-7-12-21(20-13-10-9-11-14-20)15-18(5)19(8-2)16-22(17(3)4)23(24)25-6/h7-15,17,22H,2,16H2,1,3-6H3. The number of methoxy groups -OCH3 is 1. The highest BCUT2D eigenvalue weighted by Crippen LogP contribution is 2.26. The fourth-order valence-electron chi connectivity index (χ4n) is 2.75. The molecule has 2 heteroatoms. The lowest BCUT2D eigenvalue weighted by Crippen LogP contribution is -2.22. The molecule has 0 heterocycles. The van der Waals surface area contributed by atoms with Crippen molar-refractivity contribution in [2.75, 3.05) is 7.11 Å². The fraction of sp³-hybridized carbons (Fsp3) is 0.348. The van der Waals surface area contributed by atoms with Crippen molar-refractivity contribution in [3.05, 3.63) is 77.9 Å². The average molecular weight is 338 g/mol. The molecule has 0 saturated heterocycles. The number of esters is 1. The summed E-state index contributed by atoms with van der Waals surface area (Å²) in [6, 6.07) is 10.3. The summed E-state index contributed by atoms with van der Waals surface area (Å²) in [5.74, 6) is -0.116. The molecular weight excluding hydrogens is 308 g/mol. The predicted molar refractivity (Wildman–Crippen MR) is 107 cm³/mol. The first kappa shape index (κ1) is 20.7. The van der Waals surface area contributed by atoms with E-state index >= 15 is 0 Å². The van der Waals surface area contributed by atoms with Crippen LogP contribution in [0.25, 0.3) is 5.57 Å². The van der Waals surface area contributed by atoms with Crippen LogP contribution in [0, 0.1) is 11.8 Å². The first-order valence-electron chi connectivity index (χ1n) is 8.74. The molecule has 1 aromatic rings. The van der Waals surface area contributed by atoms with Crippen LogP contribution in [0.3, 0.4) is 0 Å². The van der Waals surface area contributed by atoms with E-state index in [1.165, 1.54) is 7.11 Å². The van der Waals surface area contributed by atoms with Crippen molar-refractivity contribution in [3.63, 3.8) is 0 Å². The fourth-order valence-corrected chi connectivity index (χ4v) is 2.75. The van der Waals surface area contributed by atoms with Crippen LogP contribution in [0.1, 0.15) is 39.7 Å². The van der Waals surface area contributed by atoms with E-state index in [1.807, 2.05) is 51.1 Å². The molecule has 25 heavy (non-hydrogen) atoms. The van der Waals surface area contributed by atoms with Gasteiger partial charge in [0.2, 0.25) is 0 Å². The first-order valence-corrected chi connectivity index (χ1v) is 8.74. The highest BCUT2D eigenvalue weighted by Gasteiger charge is 2.24. The van der Waals surface area contributed by atoms with Gasteiger partial charge in [0.1, 0.15) is 0 Å². The Morgan fingerprint density at radius 3 is 2.36 bits per heavy atom. The molecule has 0 aromatic heterocycles. The van der Waals surface area contributed by atoms with Crippen LogP contribution >= 0.6 is 0 Å². The highest BCUT2D eigenvalue weighted by molar-refractivity contribution is 5.76. The monoisotopic (exact) mass is 338 g/mol. The summed E-state index contributed by atoms with van der Waals surface area (Å²) in [5, 5.41) is 0. The molecule has 134 valence electrons. The first-order chi connectivity index (χ1) is 11.9. The van der Waals surface area contributed by atoms with Crippen molar-refractivity contribution in [3.8, 4) is 0 Å². The van der Waals surface area contributed by atoms with Gasteiger partial charge in [-0.25, -0.2) is 0 Å². The third-order valence-electron chi connectivity index (χ3n) is 4.33. The Hall–Kier alpha value is -2.35. The molecule has 0 spiro atoms. The van der Waals surface area contributed by atoms with Crippen LogP contribution in [-0.4, -0.2) is 13.1 Å². The molecule has 0 amide bonds. The van der Waals surface area contributed by atoms with Gasteiger partial charge in [-0.2, -0.15) is 0 Å². The maximum Gasteiger partial charge on any atom is 0.309 e. The second-order valence-corrected chi connectivity index (χ2v) is 6.46. The molecule has 2 nitrogen and oxygen atoms in total. The number of allylic oxidation sites excluding steroid dienone is 7. The van der Waals surface area contributed by atoms with Gasteiger partial charge in [-0.3, -0.25) is 4.79 Å². The molecule has 1 rings (SSSR count). The summed E-state index contributed by atoms with van der Waals surface area (Å²) < 4.78 is 4.97. The van der Waals surface area contributed by atoms with Crippen molar-refractivity contribution in [1.29, 1.82) is 0 Å². The Labute approximate surface area is 152 Å². The van der Waals surface area contributed by atoms with Crippen LogP contribution in [0.2, 0.25) is 0 Å². The minimum Gasteiger partial charge on any atom is -0.469 e. The zero-order valence-electron chi connectivity index (χ0n) is 16.1. The number of ether oxygens (including phenoxy) is 1. The van der Waals surface area contributed by atoms with E-state index in [9.17, 15) is 4.79 Å². The van der Waals surface area contributed by atoms with E-state index in [4.69, 9.17) is 4.74 Å². The Morgan fingerprint density at radius 1 is 1.24 bits per heavy atom. The molecule has 0 N–H and O–H groups in total. The molecule has 0 aliphatic heterocycles. The number of carbonyl (C=O) groups excluding carboxylic acids is 1. The van der Waals surface area contributed by atoms with Crippen molar-refractivity contribution in [2.45, 2.75) is 34.1 Å². The van der Waals surface area contributed by atoms with Gasteiger partial charge < -0.3 is 4.74 Å². The molecule has 1 atom stereocenters.